The molecule has 0 saturated carbocycles. The van der Waals surface area contributed by atoms with E-state index in [1.165, 1.54) is 6.07 Å². The number of anilines is 1. The Balaban J connectivity index is 1.52. The average molecular weight is 369 g/mol. The van der Waals surface area contributed by atoms with Gasteiger partial charge in [-0.3, -0.25) is 14.9 Å². The van der Waals surface area contributed by atoms with Crippen LogP contribution in [0.15, 0.2) is 48.5 Å². The molecule has 0 radical (unpaired) electrons. The zero-order chi connectivity index (χ0) is 19.2. The van der Waals surface area contributed by atoms with E-state index < -0.39 is 0 Å². The predicted octanol–water partition coefficient (Wildman–Crippen LogP) is 3.14. The minimum atomic E-state index is -0.358. The summed E-state index contributed by atoms with van der Waals surface area (Å²) in [4.78, 5) is 25.3. The third-order valence-corrected chi connectivity index (χ3v) is 4.91. The minimum Gasteiger partial charge on any atom is -0.497 e. The van der Waals surface area contributed by atoms with E-state index in [1.807, 2.05) is 29.2 Å². The van der Waals surface area contributed by atoms with Gasteiger partial charge in [-0.05, 0) is 36.6 Å². The molecule has 7 nitrogen and oxygen atoms in total. The number of para-hydroxylation sites is 2. The van der Waals surface area contributed by atoms with Crippen LogP contribution in [0.25, 0.3) is 0 Å². The van der Waals surface area contributed by atoms with Crippen molar-refractivity contribution in [2.75, 3.05) is 25.1 Å². The van der Waals surface area contributed by atoms with Crippen LogP contribution >= 0.6 is 0 Å². The topological polar surface area (TPSA) is 84.7 Å². The van der Waals surface area contributed by atoms with Crippen LogP contribution in [0.1, 0.15) is 18.4 Å². The largest absolute Gasteiger partial charge is 0.497 e. The highest BCUT2D eigenvalue weighted by molar-refractivity contribution is 5.79. The number of nitro benzene ring substituents is 1. The highest BCUT2D eigenvalue weighted by Crippen LogP contribution is 2.31. The number of rotatable bonds is 6. The SMILES string of the molecule is COc1ccc(CNC(=O)C2CCN(c3ccccc3[N+](=O)[O-])CC2)cc1. The zero-order valence-corrected chi connectivity index (χ0v) is 15.3. The number of ether oxygens (including phenoxy) is 1. The zero-order valence-electron chi connectivity index (χ0n) is 15.3. The number of piperidine rings is 1. The standard InChI is InChI=1S/C20H23N3O4/c1-27-17-8-6-15(7-9-17)14-21-20(24)16-10-12-22(13-11-16)18-4-2-3-5-19(18)23(25)26/h2-9,16H,10-14H2,1H3,(H,21,24). The van der Waals surface area contributed by atoms with E-state index in [0.717, 1.165) is 11.3 Å². The number of methoxy groups -OCH3 is 1. The van der Waals surface area contributed by atoms with E-state index in [1.54, 1.807) is 25.3 Å². The average Bonchev–Trinajstić information content (AvgIpc) is 2.72. The van der Waals surface area contributed by atoms with Crippen LogP contribution in [0, 0.1) is 16.0 Å². The maximum Gasteiger partial charge on any atom is 0.292 e. The number of hydrogen-bond acceptors (Lipinski definition) is 5. The summed E-state index contributed by atoms with van der Waals surface area (Å²) in [6.45, 7) is 1.74. The third-order valence-electron chi connectivity index (χ3n) is 4.91. The van der Waals surface area contributed by atoms with Gasteiger partial charge in [0.1, 0.15) is 11.4 Å². The van der Waals surface area contributed by atoms with Crippen molar-refractivity contribution in [3.63, 3.8) is 0 Å². The number of amides is 1. The highest BCUT2D eigenvalue weighted by atomic mass is 16.6. The maximum absolute atomic E-state index is 12.5. The predicted molar refractivity (Wildman–Crippen MR) is 103 cm³/mol. The van der Waals surface area contributed by atoms with Crippen molar-refractivity contribution in [1.82, 2.24) is 5.32 Å². The second-order valence-corrected chi connectivity index (χ2v) is 6.57. The Hall–Kier alpha value is -3.09. The van der Waals surface area contributed by atoms with Crippen LogP contribution in [0.2, 0.25) is 0 Å². The second-order valence-electron chi connectivity index (χ2n) is 6.57. The van der Waals surface area contributed by atoms with Gasteiger partial charge in [-0.15, -0.1) is 0 Å². The van der Waals surface area contributed by atoms with E-state index in [4.69, 9.17) is 4.74 Å². The summed E-state index contributed by atoms with van der Waals surface area (Å²) in [5, 5.41) is 14.2. The van der Waals surface area contributed by atoms with E-state index >= 15 is 0 Å². The van der Waals surface area contributed by atoms with Crippen molar-refractivity contribution in [3.05, 3.63) is 64.2 Å². The summed E-state index contributed by atoms with van der Waals surface area (Å²) in [5.74, 6) is 0.753. The van der Waals surface area contributed by atoms with Gasteiger partial charge in [0.15, 0.2) is 0 Å². The fourth-order valence-electron chi connectivity index (χ4n) is 3.35. The Kier molecular flexibility index (Phi) is 5.90. The molecule has 2 aromatic rings. The van der Waals surface area contributed by atoms with Crippen LogP contribution in [-0.4, -0.2) is 31.0 Å². The molecule has 1 aliphatic heterocycles. The Morgan fingerprint density at radius 2 is 1.85 bits per heavy atom. The van der Waals surface area contributed by atoms with Crippen LogP contribution in [0.3, 0.4) is 0 Å². The number of nitrogens with one attached hydrogen (secondary N) is 1. The number of carbonyl (C=O) groups is 1. The van der Waals surface area contributed by atoms with Gasteiger partial charge in [-0.2, -0.15) is 0 Å². The fourth-order valence-corrected chi connectivity index (χ4v) is 3.35. The van der Waals surface area contributed by atoms with Crippen molar-refractivity contribution >= 4 is 17.3 Å². The van der Waals surface area contributed by atoms with E-state index in [2.05, 4.69) is 5.32 Å². The molecule has 1 saturated heterocycles. The number of benzene rings is 2. The lowest BCUT2D eigenvalue weighted by atomic mass is 9.95. The van der Waals surface area contributed by atoms with Crippen molar-refractivity contribution in [1.29, 1.82) is 0 Å². The lowest BCUT2D eigenvalue weighted by molar-refractivity contribution is -0.384. The molecule has 1 fully saturated rings. The Morgan fingerprint density at radius 3 is 2.48 bits per heavy atom. The summed E-state index contributed by atoms with van der Waals surface area (Å²) in [6, 6.07) is 14.3. The van der Waals surface area contributed by atoms with Gasteiger partial charge < -0.3 is 15.0 Å². The van der Waals surface area contributed by atoms with E-state index in [-0.39, 0.29) is 22.4 Å². The molecule has 0 spiro atoms. The first kappa shape index (κ1) is 18.7. The van der Waals surface area contributed by atoms with Crippen molar-refractivity contribution in [2.24, 2.45) is 5.92 Å². The van der Waals surface area contributed by atoms with Crippen LogP contribution < -0.4 is 15.0 Å². The van der Waals surface area contributed by atoms with Gasteiger partial charge in [0, 0.05) is 31.6 Å². The minimum absolute atomic E-state index is 0.0352. The Morgan fingerprint density at radius 1 is 1.19 bits per heavy atom. The van der Waals surface area contributed by atoms with Crippen LogP contribution in [0.5, 0.6) is 5.75 Å². The maximum atomic E-state index is 12.5. The number of hydrogen-bond donors (Lipinski definition) is 1. The molecule has 0 aliphatic carbocycles. The summed E-state index contributed by atoms with van der Waals surface area (Å²) in [5.41, 5.74) is 1.75. The van der Waals surface area contributed by atoms with Crippen LogP contribution in [0.4, 0.5) is 11.4 Å². The summed E-state index contributed by atoms with van der Waals surface area (Å²) in [6.07, 6.45) is 1.36. The fraction of sp³-hybridized carbons (Fsp3) is 0.350. The molecule has 0 bridgehead atoms. The molecule has 27 heavy (non-hydrogen) atoms. The second kappa shape index (κ2) is 8.53. The molecule has 142 valence electrons. The molecule has 1 N–H and O–H groups in total. The first-order valence-corrected chi connectivity index (χ1v) is 8.97. The van der Waals surface area contributed by atoms with E-state index in [9.17, 15) is 14.9 Å². The van der Waals surface area contributed by atoms with Gasteiger partial charge in [0.2, 0.25) is 5.91 Å². The molecule has 1 amide bonds. The van der Waals surface area contributed by atoms with Gasteiger partial charge >= 0.3 is 0 Å². The normalized spacial score (nSPS) is 14.6. The van der Waals surface area contributed by atoms with E-state index in [0.29, 0.717) is 38.2 Å². The van der Waals surface area contributed by atoms with Gasteiger partial charge in [0.05, 0.1) is 12.0 Å². The lowest BCUT2D eigenvalue weighted by Crippen LogP contribution is -2.40. The van der Waals surface area contributed by atoms with Gasteiger partial charge in [-0.25, -0.2) is 0 Å². The third kappa shape index (κ3) is 4.55. The Labute approximate surface area is 158 Å². The molecule has 2 aromatic carbocycles. The van der Waals surface area contributed by atoms with Crippen molar-refractivity contribution in [3.8, 4) is 5.75 Å². The molecular weight excluding hydrogens is 346 g/mol. The first-order chi connectivity index (χ1) is 13.1. The van der Waals surface area contributed by atoms with Crippen molar-refractivity contribution in [2.45, 2.75) is 19.4 Å². The smallest absolute Gasteiger partial charge is 0.292 e. The molecule has 0 unspecified atom stereocenters. The molecule has 0 atom stereocenters. The molecule has 7 heteroatoms. The summed E-state index contributed by atoms with van der Waals surface area (Å²) in [7, 11) is 1.62. The highest BCUT2D eigenvalue weighted by Gasteiger charge is 2.27. The molecule has 3 rings (SSSR count). The molecular formula is C20H23N3O4. The quantitative estimate of drug-likeness (QED) is 0.625. The molecule has 1 heterocycles. The summed E-state index contributed by atoms with van der Waals surface area (Å²) < 4.78 is 5.13. The van der Waals surface area contributed by atoms with Gasteiger partial charge in [-0.1, -0.05) is 24.3 Å². The Bertz CT molecular complexity index is 799. The summed E-state index contributed by atoms with van der Waals surface area (Å²) >= 11 is 0. The first-order valence-electron chi connectivity index (χ1n) is 8.97. The number of nitro groups is 1. The van der Waals surface area contributed by atoms with Gasteiger partial charge in [0.25, 0.3) is 5.69 Å². The monoisotopic (exact) mass is 369 g/mol. The number of nitrogens with zero attached hydrogens (tertiary/aromatic N) is 2. The van der Waals surface area contributed by atoms with Crippen molar-refractivity contribution < 1.29 is 14.5 Å². The van der Waals surface area contributed by atoms with Crippen LogP contribution in [-0.2, 0) is 11.3 Å². The molecule has 0 aromatic heterocycles. The lowest BCUT2D eigenvalue weighted by Gasteiger charge is -2.32. The number of carbonyl (C=O) groups excluding carboxylic acids is 1. The molecule has 1 aliphatic rings.